The van der Waals surface area contributed by atoms with E-state index in [2.05, 4.69) is 15.9 Å². The standard InChI is InChI=1S/C19H23BrF2N2O2/c1-11-10-24(14-9-13(21)16(20)17(22)15(11)14)12-5-7-23(8-6-12)18(25)26-19(2,3)4/h9-10,12H,5-8H2,1-4H3. The summed E-state index contributed by atoms with van der Waals surface area (Å²) in [4.78, 5) is 13.9. The Morgan fingerprint density at radius 2 is 1.88 bits per heavy atom. The molecule has 0 saturated carbocycles. The molecule has 0 atom stereocenters. The molecule has 7 heteroatoms. The number of likely N-dealkylation sites (tertiary alicyclic amines) is 1. The first-order chi connectivity index (χ1) is 12.1. The van der Waals surface area contributed by atoms with Crippen LogP contribution in [-0.2, 0) is 4.74 Å². The molecular weight excluding hydrogens is 406 g/mol. The van der Waals surface area contributed by atoms with E-state index in [1.807, 2.05) is 38.5 Å². The van der Waals surface area contributed by atoms with Crippen LogP contribution in [0.5, 0.6) is 0 Å². The second-order valence-electron chi connectivity index (χ2n) is 7.80. The van der Waals surface area contributed by atoms with E-state index in [0.717, 1.165) is 5.56 Å². The van der Waals surface area contributed by atoms with Gasteiger partial charge in [0.2, 0.25) is 0 Å². The van der Waals surface area contributed by atoms with Gasteiger partial charge in [0.05, 0.1) is 9.99 Å². The molecular formula is C19H23BrF2N2O2. The van der Waals surface area contributed by atoms with Crippen LogP contribution in [-0.4, -0.2) is 34.3 Å². The number of fused-ring (bicyclic) bond motifs is 1. The molecule has 1 aliphatic rings. The van der Waals surface area contributed by atoms with Gasteiger partial charge in [0.15, 0.2) is 0 Å². The minimum atomic E-state index is -0.611. The summed E-state index contributed by atoms with van der Waals surface area (Å²) in [5.41, 5.74) is 0.800. The molecule has 26 heavy (non-hydrogen) atoms. The number of hydrogen-bond donors (Lipinski definition) is 0. The van der Waals surface area contributed by atoms with Gasteiger partial charge in [-0.3, -0.25) is 0 Å². The van der Waals surface area contributed by atoms with Crippen LogP contribution in [0.1, 0.15) is 45.2 Å². The van der Waals surface area contributed by atoms with Crippen molar-refractivity contribution < 1.29 is 18.3 Å². The number of piperidine rings is 1. The van der Waals surface area contributed by atoms with Crippen molar-refractivity contribution in [2.45, 2.75) is 52.2 Å². The molecule has 1 fully saturated rings. The lowest BCUT2D eigenvalue weighted by atomic mass is 10.0. The van der Waals surface area contributed by atoms with E-state index in [-0.39, 0.29) is 16.6 Å². The van der Waals surface area contributed by atoms with Crippen LogP contribution in [0.15, 0.2) is 16.7 Å². The van der Waals surface area contributed by atoms with Crippen LogP contribution < -0.4 is 0 Å². The highest BCUT2D eigenvalue weighted by Crippen LogP contribution is 2.35. The zero-order chi connectivity index (χ0) is 19.2. The molecule has 1 aromatic carbocycles. The predicted octanol–water partition coefficient (Wildman–Crippen LogP) is 5.56. The summed E-state index contributed by atoms with van der Waals surface area (Å²) in [5.74, 6) is -1.18. The summed E-state index contributed by atoms with van der Waals surface area (Å²) in [6, 6.07) is 1.46. The van der Waals surface area contributed by atoms with Gasteiger partial charge in [0.25, 0.3) is 0 Å². The van der Waals surface area contributed by atoms with Crippen LogP contribution in [0.25, 0.3) is 10.9 Å². The molecule has 0 bridgehead atoms. The van der Waals surface area contributed by atoms with Gasteiger partial charge in [-0.15, -0.1) is 0 Å². The van der Waals surface area contributed by atoms with Gasteiger partial charge < -0.3 is 14.2 Å². The maximum Gasteiger partial charge on any atom is 0.410 e. The van der Waals surface area contributed by atoms with Gasteiger partial charge in [0.1, 0.15) is 17.2 Å². The third-order valence-electron chi connectivity index (χ3n) is 4.66. The van der Waals surface area contributed by atoms with Crippen molar-refractivity contribution in [3.05, 3.63) is 33.9 Å². The molecule has 142 valence electrons. The smallest absolute Gasteiger partial charge is 0.410 e. The topological polar surface area (TPSA) is 34.5 Å². The van der Waals surface area contributed by atoms with Crippen LogP contribution in [0.4, 0.5) is 13.6 Å². The number of hydrogen-bond acceptors (Lipinski definition) is 2. The number of nitrogens with zero attached hydrogens (tertiary/aromatic N) is 2. The Hall–Kier alpha value is -1.63. The van der Waals surface area contributed by atoms with Crippen molar-refractivity contribution in [3.8, 4) is 0 Å². The minimum Gasteiger partial charge on any atom is -0.444 e. The number of carbonyl (C=O) groups excluding carboxylic acids is 1. The van der Waals surface area contributed by atoms with E-state index in [1.54, 1.807) is 4.90 Å². The molecule has 0 spiro atoms. The van der Waals surface area contributed by atoms with E-state index in [4.69, 9.17) is 4.74 Å². The van der Waals surface area contributed by atoms with Gasteiger partial charge in [-0.25, -0.2) is 13.6 Å². The van der Waals surface area contributed by atoms with Gasteiger partial charge in [0, 0.05) is 30.7 Å². The van der Waals surface area contributed by atoms with E-state index in [1.165, 1.54) is 6.07 Å². The average molecular weight is 429 g/mol. The number of benzene rings is 1. The number of ether oxygens (including phenoxy) is 1. The van der Waals surface area contributed by atoms with E-state index >= 15 is 0 Å². The number of aromatic nitrogens is 1. The highest BCUT2D eigenvalue weighted by atomic mass is 79.9. The van der Waals surface area contributed by atoms with Crippen LogP contribution >= 0.6 is 15.9 Å². The van der Waals surface area contributed by atoms with Crippen molar-refractivity contribution in [3.63, 3.8) is 0 Å². The summed E-state index contributed by atoms with van der Waals surface area (Å²) in [7, 11) is 0. The van der Waals surface area contributed by atoms with E-state index < -0.39 is 17.2 Å². The van der Waals surface area contributed by atoms with Crippen molar-refractivity contribution in [2.24, 2.45) is 0 Å². The SMILES string of the molecule is Cc1cn(C2CCN(C(=O)OC(C)(C)C)CC2)c2cc(F)c(Br)c(F)c12. The summed E-state index contributed by atoms with van der Waals surface area (Å²) in [6.07, 6.45) is 2.97. The van der Waals surface area contributed by atoms with Crippen LogP contribution in [0.3, 0.4) is 0 Å². The Bertz CT molecular complexity index is 850. The zero-order valence-electron chi connectivity index (χ0n) is 15.4. The zero-order valence-corrected chi connectivity index (χ0v) is 17.0. The first-order valence-corrected chi connectivity index (χ1v) is 9.50. The second kappa shape index (κ2) is 6.83. The molecule has 1 saturated heterocycles. The fourth-order valence-corrected chi connectivity index (χ4v) is 3.77. The summed E-state index contributed by atoms with van der Waals surface area (Å²) < 4.78 is 35.7. The Balaban J connectivity index is 1.81. The molecule has 0 unspecified atom stereocenters. The number of amides is 1. The number of carbonyl (C=O) groups is 1. The molecule has 1 aliphatic heterocycles. The van der Waals surface area contributed by atoms with Crippen molar-refractivity contribution >= 4 is 32.9 Å². The maximum atomic E-state index is 14.5. The molecule has 3 rings (SSSR count). The van der Waals surface area contributed by atoms with Gasteiger partial charge >= 0.3 is 6.09 Å². The summed E-state index contributed by atoms with van der Waals surface area (Å²) in [6.45, 7) is 8.45. The molecule has 0 radical (unpaired) electrons. The van der Waals surface area contributed by atoms with E-state index in [9.17, 15) is 13.6 Å². The lowest BCUT2D eigenvalue weighted by molar-refractivity contribution is 0.0189. The quantitative estimate of drug-likeness (QED) is 0.556. The molecule has 1 amide bonds. The molecule has 2 heterocycles. The van der Waals surface area contributed by atoms with Crippen molar-refractivity contribution in [2.75, 3.05) is 13.1 Å². The molecule has 4 nitrogen and oxygen atoms in total. The average Bonchev–Trinajstić information content (AvgIpc) is 2.88. The fourth-order valence-electron chi connectivity index (χ4n) is 3.46. The van der Waals surface area contributed by atoms with Crippen LogP contribution in [0, 0.1) is 18.6 Å². The summed E-state index contributed by atoms with van der Waals surface area (Å²) >= 11 is 2.97. The van der Waals surface area contributed by atoms with Gasteiger partial charge in [-0.1, -0.05) is 0 Å². The minimum absolute atomic E-state index is 0.0878. The Kier molecular flexibility index (Phi) is 5.03. The Morgan fingerprint density at radius 1 is 1.27 bits per heavy atom. The number of aryl methyl sites for hydroxylation is 1. The predicted molar refractivity (Wildman–Crippen MR) is 100 cm³/mol. The first kappa shape index (κ1) is 19.1. The van der Waals surface area contributed by atoms with Crippen molar-refractivity contribution in [1.82, 2.24) is 9.47 Å². The molecule has 2 aromatic rings. The maximum absolute atomic E-state index is 14.5. The van der Waals surface area contributed by atoms with Crippen LogP contribution in [0.2, 0.25) is 0 Å². The number of halogens is 3. The highest BCUT2D eigenvalue weighted by molar-refractivity contribution is 9.10. The Morgan fingerprint density at radius 3 is 2.46 bits per heavy atom. The van der Waals surface area contributed by atoms with Crippen molar-refractivity contribution in [1.29, 1.82) is 0 Å². The fraction of sp³-hybridized carbons (Fsp3) is 0.526. The molecule has 0 N–H and O–H groups in total. The van der Waals surface area contributed by atoms with Gasteiger partial charge in [-0.05, 0) is 68.1 Å². The summed E-state index contributed by atoms with van der Waals surface area (Å²) in [5, 5.41) is 0.438. The largest absolute Gasteiger partial charge is 0.444 e. The van der Waals surface area contributed by atoms with E-state index in [0.29, 0.717) is 36.8 Å². The lowest BCUT2D eigenvalue weighted by Crippen LogP contribution is -2.42. The highest BCUT2D eigenvalue weighted by Gasteiger charge is 2.29. The first-order valence-electron chi connectivity index (χ1n) is 8.71. The normalized spacial score (nSPS) is 16.3. The third kappa shape index (κ3) is 3.59. The molecule has 0 aliphatic carbocycles. The van der Waals surface area contributed by atoms with Gasteiger partial charge in [-0.2, -0.15) is 0 Å². The third-order valence-corrected chi connectivity index (χ3v) is 5.38. The monoisotopic (exact) mass is 428 g/mol. The number of rotatable bonds is 1. The Labute approximate surface area is 160 Å². The second-order valence-corrected chi connectivity index (χ2v) is 8.59. The lowest BCUT2D eigenvalue weighted by Gasteiger charge is -2.34. The molecule has 1 aromatic heterocycles.